The molecule has 31 heavy (non-hydrogen) atoms. The number of hydrogen-bond donors (Lipinski definition) is 0. The largest absolute Gasteiger partial charge is 0.256 e. The molecule has 4 heteroatoms. The third-order valence-corrected chi connectivity index (χ3v) is 10.0. The van der Waals surface area contributed by atoms with E-state index >= 15 is 0 Å². The smallest absolute Gasteiger partial charge is 0.111 e. The molecular formula is C27H22CuNPSi+. The van der Waals surface area contributed by atoms with Gasteiger partial charge in [-0.1, -0.05) is 78.9 Å². The molecule has 1 nitrogen and oxygen atoms in total. The third-order valence-electron chi connectivity index (χ3n) is 5.33. The van der Waals surface area contributed by atoms with Gasteiger partial charge < -0.3 is 0 Å². The van der Waals surface area contributed by atoms with Crippen LogP contribution in [0.4, 0.5) is 0 Å². The number of rotatable bonds is 5. The molecule has 4 aromatic carbocycles. The van der Waals surface area contributed by atoms with Crippen LogP contribution in [0.1, 0.15) is 0 Å². The number of hydrogen-bond acceptors (Lipinski definition) is 1. The molecule has 0 unspecified atom stereocenters. The maximum absolute atomic E-state index is 4.70. The van der Waals surface area contributed by atoms with Crippen molar-refractivity contribution in [2.24, 2.45) is 0 Å². The Morgan fingerprint density at radius 1 is 0.548 bits per heavy atom. The monoisotopic (exact) mass is 482 g/mol. The Kier molecular flexibility index (Phi) is 7.12. The first-order chi connectivity index (χ1) is 14.9. The van der Waals surface area contributed by atoms with Crippen LogP contribution < -0.4 is 26.3 Å². The van der Waals surface area contributed by atoms with Gasteiger partial charge >= 0.3 is 0 Å². The average Bonchev–Trinajstić information content (AvgIpc) is 2.82. The average molecular weight is 483 g/mol. The quantitative estimate of drug-likeness (QED) is 0.277. The molecule has 0 saturated carbocycles. The minimum absolute atomic E-state index is 0. The van der Waals surface area contributed by atoms with Gasteiger partial charge in [0.05, 0.1) is 13.4 Å². The van der Waals surface area contributed by atoms with E-state index in [1.54, 1.807) is 0 Å². The van der Waals surface area contributed by atoms with Crippen LogP contribution in [0.2, 0.25) is 0 Å². The first kappa shape index (κ1) is 21.7. The van der Waals surface area contributed by atoms with E-state index in [-0.39, 0.29) is 26.6 Å². The Morgan fingerprint density at radius 3 is 1.84 bits per heavy atom. The summed E-state index contributed by atoms with van der Waals surface area (Å²) in [7, 11) is -1.13. The van der Waals surface area contributed by atoms with Gasteiger partial charge in [-0.25, -0.2) is 0 Å². The summed E-state index contributed by atoms with van der Waals surface area (Å²) in [6, 6.07) is 41.8. The molecule has 0 amide bonds. The van der Waals surface area contributed by atoms with Crippen LogP contribution in [0.15, 0.2) is 121 Å². The molecule has 154 valence electrons. The van der Waals surface area contributed by atoms with Crippen LogP contribution in [0.5, 0.6) is 0 Å². The van der Waals surface area contributed by atoms with Crippen LogP contribution >= 0.6 is 7.92 Å². The van der Waals surface area contributed by atoms with Crippen LogP contribution in [-0.2, 0) is 17.1 Å². The Morgan fingerprint density at radius 2 is 1.13 bits per heavy atom. The molecule has 5 rings (SSSR count). The van der Waals surface area contributed by atoms with E-state index in [1.807, 2.05) is 12.3 Å². The number of pyridine rings is 1. The number of nitrogens with zero attached hydrogens (tertiary/aromatic N) is 1. The first-order valence-corrected chi connectivity index (χ1v) is 12.8. The zero-order chi connectivity index (χ0) is 20.2. The maximum atomic E-state index is 4.70. The van der Waals surface area contributed by atoms with Crippen molar-refractivity contribution in [2.45, 2.75) is 0 Å². The number of benzene rings is 4. The molecule has 0 spiro atoms. The zero-order valence-electron chi connectivity index (χ0n) is 16.9. The summed E-state index contributed by atoms with van der Waals surface area (Å²) >= 11 is 0. The fraction of sp³-hybridized carbons (Fsp3) is 0. The van der Waals surface area contributed by atoms with E-state index in [0.29, 0.717) is 0 Å². The molecule has 0 atom stereocenters. The molecule has 5 aromatic rings. The van der Waals surface area contributed by atoms with Gasteiger partial charge in [-0.15, -0.1) is 0 Å². The van der Waals surface area contributed by atoms with Gasteiger partial charge in [0.15, 0.2) is 0 Å². The van der Waals surface area contributed by atoms with Gasteiger partial charge in [-0.05, 0) is 46.8 Å². The van der Waals surface area contributed by atoms with E-state index in [9.17, 15) is 0 Å². The second-order valence-corrected chi connectivity index (χ2v) is 11.2. The normalized spacial score (nSPS) is 10.7. The van der Waals surface area contributed by atoms with E-state index in [0.717, 1.165) is 5.52 Å². The number of aromatic nitrogens is 1. The van der Waals surface area contributed by atoms with Crippen molar-refractivity contribution < 1.29 is 17.1 Å². The minimum atomic E-state index is -1.08. The minimum Gasteiger partial charge on any atom is -0.256 e. The van der Waals surface area contributed by atoms with E-state index < -0.39 is 7.92 Å². The molecule has 0 fully saturated rings. The number of para-hydroxylation sites is 1. The molecule has 0 bridgehead atoms. The van der Waals surface area contributed by atoms with Crippen LogP contribution in [-0.4, -0.2) is 14.5 Å². The van der Waals surface area contributed by atoms with E-state index in [1.165, 1.54) is 31.7 Å². The Balaban J connectivity index is 0.00000231. The molecule has 0 aliphatic heterocycles. The Labute approximate surface area is 197 Å². The summed E-state index contributed by atoms with van der Waals surface area (Å²) in [5, 5.41) is 8.40. The van der Waals surface area contributed by atoms with Crippen molar-refractivity contribution in [1.82, 2.24) is 4.98 Å². The maximum Gasteiger partial charge on any atom is 0.111 e. The molecule has 0 aliphatic carbocycles. The molecule has 0 aliphatic rings. The molecule has 2 radical (unpaired) electrons. The third kappa shape index (κ3) is 4.71. The van der Waals surface area contributed by atoms with Crippen molar-refractivity contribution in [1.29, 1.82) is 0 Å². The second kappa shape index (κ2) is 10.2. The van der Waals surface area contributed by atoms with Crippen molar-refractivity contribution >= 4 is 54.6 Å². The molecule has 0 saturated heterocycles. The van der Waals surface area contributed by atoms with Gasteiger partial charge in [0.1, 0.15) is 25.4 Å². The van der Waals surface area contributed by atoms with Gasteiger partial charge in [0.25, 0.3) is 0 Å². The topological polar surface area (TPSA) is 12.9 Å². The van der Waals surface area contributed by atoms with Gasteiger partial charge in [-0.3, -0.25) is 4.98 Å². The van der Waals surface area contributed by atoms with Crippen LogP contribution in [0.25, 0.3) is 10.9 Å². The van der Waals surface area contributed by atoms with Crippen molar-refractivity contribution in [2.75, 3.05) is 0 Å². The summed E-state index contributed by atoms with van der Waals surface area (Å²) in [4.78, 5) is 4.70. The Hall–Kier alpha value is -2.54. The number of fused-ring (bicyclic) bond motifs is 1. The summed E-state index contributed by atoms with van der Waals surface area (Å²) in [5.74, 6) is 0. The molecule has 0 N–H and O–H groups in total. The van der Waals surface area contributed by atoms with Gasteiger partial charge in [-0.2, -0.15) is 0 Å². The molecule has 1 aromatic heterocycles. The summed E-state index contributed by atoms with van der Waals surface area (Å²) < 4.78 is 0. The first-order valence-electron chi connectivity index (χ1n) is 10.2. The van der Waals surface area contributed by atoms with Crippen LogP contribution in [0, 0.1) is 0 Å². The van der Waals surface area contributed by atoms with Gasteiger partial charge in [0.2, 0.25) is 0 Å². The fourth-order valence-corrected chi connectivity index (χ4v) is 8.62. The van der Waals surface area contributed by atoms with Crippen LogP contribution in [0.3, 0.4) is 0 Å². The van der Waals surface area contributed by atoms with E-state index in [2.05, 4.69) is 109 Å². The SMILES string of the molecule is [Cu].c1ccc([PH+](c2ccccc2)c2ccccc2[SiH]c2cccc3cccnc23)cc1. The summed E-state index contributed by atoms with van der Waals surface area (Å²) in [6.45, 7) is 0. The predicted octanol–water partition coefficient (Wildman–Crippen LogP) is 3.11. The Bertz CT molecular complexity index is 1230. The second-order valence-electron chi connectivity index (χ2n) is 7.26. The predicted molar refractivity (Wildman–Crippen MR) is 135 cm³/mol. The van der Waals surface area contributed by atoms with E-state index in [4.69, 9.17) is 4.98 Å². The summed E-state index contributed by atoms with van der Waals surface area (Å²) in [5.41, 5.74) is 1.14. The summed E-state index contributed by atoms with van der Waals surface area (Å²) in [6.07, 6.45) is 1.90. The van der Waals surface area contributed by atoms with Crippen molar-refractivity contribution in [3.8, 4) is 0 Å². The van der Waals surface area contributed by atoms with Crippen molar-refractivity contribution in [3.63, 3.8) is 0 Å². The van der Waals surface area contributed by atoms with Crippen molar-refractivity contribution in [3.05, 3.63) is 121 Å². The zero-order valence-corrected chi connectivity index (χ0v) is 20.0. The standard InChI is InChI=1S/C27H21NPSi.Cu/c1-3-13-22(14-4-1)29(23-15-5-2-6-16-23)24-17-7-8-18-25(24)30-26-19-9-11-21-12-10-20-28-27(21)26;/h1-20,30H;/p+1. The molecule has 1 heterocycles. The fourth-order valence-electron chi connectivity index (χ4n) is 3.95. The van der Waals surface area contributed by atoms with Gasteiger partial charge in [0, 0.05) is 28.7 Å². The molecular weight excluding hydrogens is 461 g/mol.